The maximum absolute atomic E-state index is 13.7. The molecule has 1 aliphatic heterocycles. The van der Waals surface area contributed by atoms with E-state index in [2.05, 4.69) is 17.2 Å². The lowest BCUT2D eigenvalue weighted by atomic mass is 9.92. The van der Waals surface area contributed by atoms with E-state index in [4.69, 9.17) is 11.6 Å². The molecule has 1 aliphatic rings. The molecule has 0 aliphatic carbocycles. The molecule has 0 saturated heterocycles. The summed E-state index contributed by atoms with van der Waals surface area (Å²) >= 11 is 6.25. The van der Waals surface area contributed by atoms with Crippen molar-refractivity contribution >= 4 is 34.2 Å². The van der Waals surface area contributed by atoms with E-state index in [-0.39, 0.29) is 17.9 Å². The Labute approximate surface area is 191 Å². The molecule has 2 N–H and O–H groups in total. The van der Waals surface area contributed by atoms with Crippen molar-refractivity contribution in [1.29, 1.82) is 0 Å². The molecule has 2 amide bonds. The molecule has 0 spiro atoms. The number of carbonyl (C=O) groups is 1. The minimum Gasteiger partial charge on any atom is -0.356 e. The predicted molar refractivity (Wildman–Crippen MR) is 127 cm³/mol. The number of aryl methyl sites for hydroxylation is 1. The van der Waals surface area contributed by atoms with Crippen LogP contribution in [0.25, 0.3) is 10.9 Å². The van der Waals surface area contributed by atoms with E-state index in [0.29, 0.717) is 18.0 Å². The lowest BCUT2D eigenvalue weighted by Crippen LogP contribution is -2.43. The van der Waals surface area contributed by atoms with E-state index in [1.54, 1.807) is 17.0 Å². The lowest BCUT2D eigenvalue weighted by molar-refractivity contribution is 0.193. The Hall–Kier alpha value is -3.31. The number of fused-ring (bicyclic) bond motifs is 3. The molecule has 32 heavy (non-hydrogen) atoms. The lowest BCUT2D eigenvalue weighted by Gasteiger charge is -2.36. The van der Waals surface area contributed by atoms with E-state index in [1.807, 2.05) is 42.5 Å². The number of rotatable bonds is 3. The van der Waals surface area contributed by atoms with Gasteiger partial charge in [-0.25, -0.2) is 9.18 Å². The highest BCUT2D eigenvalue weighted by atomic mass is 35.5. The molecule has 0 fully saturated rings. The Morgan fingerprint density at radius 1 is 1.12 bits per heavy atom. The van der Waals surface area contributed by atoms with E-state index in [1.165, 1.54) is 17.7 Å². The Bertz CT molecular complexity index is 1280. The fraction of sp³-hybridized carbons (Fsp3) is 0.192. The first-order valence-electron chi connectivity index (χ1n) is 10.8. The first-order valence-corrected chi connectivity index (χ1v) is 11.1. The summed E-state index contributed by atoms with van der Waals surface area (Å²) in [5.41, 5.74) is 5.88. The fourth-order valence-corrected chi connectivity index (χ4v) is 4.66. The van der Waals surface area contributed by atoms with Crippen LogP contribution in [0.5, 0.6) is 0 Å². The minimum absolute atomic E-state index is 0.189. The minimum atomic E-state index is -0.361. The molecule has 4 nitrogen and oxygen atoms in total. The number of benzene rings is 3. The molecule has 162 valence electrons. The second kappa shape index (κ2) is 8.32. The number of halogens is 2. The summed E-state index contributed by atoms with van der Waals surface area (Å²) in [6, 6.07) is 19.4. The molecule has 1 aromatic heterocycles. The number of carbonyl (C=O) groups excluding carboxylic acids is 1. The molecule has 6 heteroatoms. The molecule has 0 unspecified atom stereocenters. The van der Waals surface area contributed by atoms with Gasteiger partial charge in [-0.1, -0.05) is 42.8 Å². The number of H-pyrrole nitrogens is 1. The Morgan fingerprint density at radius 3 is 2.59 bits per heavy atom. The van der Waals surface area contributed by atoms with Gasteiger partial charge in [0.2, 0.25) is 0 Å². The van der Waals surface area contributed by atoms with Crippen LogP contribution in [0.2, 0.25) is 5.02 Å². The molecule has 0 bridgehead atoms. The average molecular weight is 448 g/mol. The van der Waals surface area contributed by atoms with Crippen LogP contribution in [0, 0.1) is 5.82 Å². The van der Waals surface area contributed by atoms with Gasteiger partial charge in [0.25, 0.3) is 0 Å². The first kappa shape index (κ1) is 20.6. The smallest absolute Gasteiger partial charge is 0.322 e. The summed E-state index contributed by atoms with van der Waals surface area (Å²) in [5.74, 6) is -0.305. The number of nitrogens with one attached hydrogen (secondary N) is 2. The fourth-order valence-electron chi connectivity index (χ4n) is 4.49. The van der Waals surface area contributed by atoms with E-state index >= 15 is 0 Å². The molecule has 1 atom stereocenters. The average Bonchev–Trinajstić information content (AvgIpc) is 3.17. The van der Waals surface area contributed by atoms with Gasteiger partial charge in [0.1, 0.15) is 5.82 Å². The van der Waals surface area contributed by atoms with Crippen LogP contribution in [0.4, 0.5) is 14.9 Å². The van der Waals surface area contributed by atoms with Gasteiger partial charge in [-0.3, -0.25) is 0 Å². The number of hydrogen-bond acceptors (Lipinski definition) is 1. The molecule has 2 heterocycles. The summed E-state index contributed by atoms with van der Waals surface area (Å²) in [7, 11) is 0. The van der Waals surface area contributed by atoms with Crippen molar-refractivity contribution in [1.82, 2.24) is 9.88 Å². The zero-order valence-electron chi connectivity index (χ0n) is 17.7. The van der Waals surface area contributed by atoms with Crippen molar-refractivity contribution in [3.05, 3.63) is 100.0 Å². The normalized spacial score (nSPS) is 15.6. The SMILES string of the molecule is CCc1ccc(NC(=O)N2CCc3c([nH]c4ccc(Cl)cc34)[C@@H]2c2ccc(F)cc2)cc1. The molecule has 5 rings (SSSR count). The number of hydrogen-bond donors (Lipinski definition) is 2. The van der Waals surface area contributed by atoms with Gasteiger partial charge >= 0.3 is 6.03 Å². The molecule has 0 saturated carbocycles. The van der Waals surface area contributed by atoms with Gasteiger partial charge in [0, 0.05) is 33.9 Å². The van der Waals surface area contributed by atoms with E-state index in [9.17, 15) is 9.18 Å². The quantitative estimate of drug-likeness (QED) is 0.360. The zero-order chi connectivity index (χ0) is 22.2. The van der Waals surface area contributed by atoms with Gasteiger partial charge in [-0.2, -0.15) is 0 Å². The van der Waals surface area contributed by atoms with Crippen molar-refractivity contribution in [3.8, 4) is 0 Å². The summed E-state index contributed by atoms with van der Waals surface area (Å²) in [5, 5.41) is 4.76. The Kier molecular flexibility index (Phi) is 5.35. The highest BCUT2D eigenvalue weighted by Gasteiger charge is 2.34. The summed E-state index contributed by atoms with van der Waals surface area (Å²) in [6.07, 6.45) is 1.65. The topological polar surface area (TPSA) is 48.1 Å². The van der Waals surface area contributed by atoms with Crippen LogP contribution >= 0.6 is 11.6 Å². The van der Waals surface area contributed by atoms with Crippen molar-refractivity contribution in [2.45, 2.75) is 25.8 Å². The van der Waals surface area contributed by atoms with Gasteiger partial charge in [0.15, 0.2) is 0 Å². The third-order valence-electron chi connectivity index (χ3n) is 6.15. The number of urea groups is 1. The van der Waals surface area contributed by atoms with Crippen LogP contribution in [0.3, 0.4) is 0 Å². The molecule has 3 aromatic carbocycles. The van der Waals surface area contributed by atoms with Crippen molar-refractivity contribution in [2.75, 3.05) is 11.9 Å². The van der Waals surface area contributed by atoms with Crippen LogP contribution < -0.4 is 5.32 Å². The summed E-state index contributed by atoms with van der Waals surface area (Å²) in [4.78, 5) is 18.7. The number of aromatic amines is 1. The van der Waals surface area contributed by atoms with Crippen LogP contribution in [0.1, 0.15) is 35.3 Å². The van der Waals surface area contributed by atoms with Gasteiger partial charge in [-0.15, -0.1) is 0 Å². The molecular weight excluding hydrogens is 425 g/mol. The highest BCUT2D eigenvalue weighted by Crippen LogP contribution is 2.39. The van der Waals surface area contributed by atoms with E-state index in [0.717, 1.165) is 39.8 Å². The highest BCUT2D eigenvalue weighted by molar-refractivity contribution is 6.31. The van der Waals surface area contributed by atoms with Crippen LogP contribution in [-0.4, -0.2) is 22.5 Å². The van der Waals surface area contributed by atoms with Crippen molar-refractivity contribution < 1.29 is 9.18 Å². The van der Waals surface area contributed by atoms with Crippen LogP contribution in [-0.2, 0) is 12.8 Å². The largest absolute Gasteiger partial charge is 0.356 e. The molecule has 4 aromatic rings. The van der Waals surface area contributed by atoms with Crippen molar-refractivity contribution in [2.24, 2.45) is 0 Å². The third-order valence-corrected chi connectivity index (χ3v) is 6.38. The maximum Gasteiger partial charge on any atom is 0.322 e. The Balaban J connectivity index is 1.55. The van der Waals surface area contributed by atoms with Gasteiger partial charge < -0.3 is 15.2 Å². The number of amides is 2. The maximum atomic E-state index is 13.7. The summed E-state index contributed by atoms with van der Waals surface area (Å²) in [6.45, 7) is 2.63. The second-order valence-corrected chi connectivity index (χ2v) is 8.52. The summed E-state index contributed by atoms with van der Waals surface area (Å²) < 4.78 is 13.7. The first-order chi connectivity index (χ1) is 15.5. The monoisotopic (exact) mass is 447 g/mol. The number of aromatic nitrogens is 1. The van der Waals surface area contributed by atoms with Gasteiger partial charge in [-0.05, 0) is 72.0 Å². The molecule has 0 radical (unpaired) electrons. The van der Waals surface area contributed by atoms with Crippen LogP contribution in [0.15, 0.2) is 66.7 Å². The Morgan fingerprint density at radius 2 is 1.88 bits per heavy atom. The van der Waals surface area contributed by atoms with Crippen molar-refractivity contribution in [3.63, 3.8) is 0 Å². The number of nitrogens with zero attached hydrogens (tertiary/aromatic N) is 1. The second-order valence-electron chi connectivity index (χ2n) is 8.09. The number of anilines is 1. The van der Waals surface area contributed by atoms with E-state index < -0.39 is 0 Å². The predicted octanol–water partition coefficient (Wildman–Crippen LogP) is 6.70. The van der Waals surface area contributed by atoms with Gasteiger partial charge in [0.05, 0.1) is 6.04 Å². The molecular formula is C26H23ClFN3O. The third kappa shape index (κ3) is 3.73. The zero-order valence-corrected chi connectivity index (χ0v) is 18.4. The standard InChI is InChI=1S/C26H23ClFN3O/c1-2-16-3-10-20(11-4-16)29-26(32)31-14-13-21-22-15-18(27)7-12-23(22)30-24(21)25(31)17-5-8-19(28)9-6-17/h3-12,15,25,30H,2,13-14H2,1H3,(H,29,32)/t25-/m0/s1.